The Kier molecular flexibility index (Phi) is 4.92. The van der Waals surface area contributed by atoms with Crippen molar-refractivity contribution in [3.63, 3.8) is 0 Å². The summed E-state index contributed by atoms with van der Waals surface area (Å²) in [5.41, 5.74) is 2.49. The van der Waals surface area contributed by atoms with Gasteiger partial charge in [0.2, 0.25) is 0 Å². The zero-order valence-corrected chi connectivity index (χ0v) is 12.2. The van der Waals surface area contributed by atoms with E-state index in [4.69, 9.17) is 0 Å². The molecule has 2 nitrogen and oxygen atoms in total. The molecule has 1 heterocycles. The SMILES string of the molecule is CCCNCC(C)C(C)c1ccc2ncccc2c1. The summed E-state index contributed by atoms with van der Waals surface area (Å²) in [6, 6.07) is 10.8. The second-order valence-electron chi connectivity index (χ2n) is 5.43. The van der Waals surface area contributed by atoms with Gasteiger partial charge in [0.05, 0.1) is 5.52 Å². The molecule has 1 N–H and O–H groups in total. The number of hydrogen-bond donors (Lipinski definition) is 1. The van der Waals surface area contributed by atoms with Crippen LogP contribution >= 0.6 is 0 Å². The van der Waals surface area contributed by atoms with Crippen LogP contribution in [0.15, 0.2) is 36.5 Å². The number of pyridine rings is 1. The Bertz CT molecular complexity index is 521. The molecule has 0 saturated carbocycles. The van der Waals surface area contributed by atoms with E-state index in [1.54, 1.807) is 0 Å². The fraction of sp³-hybridized carbons (Fsp3) is 0.471. The van der Waals surface area contributed by atoms with Gasteiger partial charge in [-0.3, -0.25) is 4.98 Å². The van der Waals surface area contributed by atoms with Gasteiger partial charge in [-0.25, -0.2) is 0 Å². The third-order valence-corrected chi connectivity index (χ3v) is 3.90. The van der Waals surface area contributed by atoms with Crippen LogP contribution in [0.25, 0.3) is 10.9 Å². The third kappa shape index (κ3) is 3.54. The molecule has 0 saturated heterocycles. The summed E-state index contributed by atoms with van der Waals surface area (Å²) in [5, 5.41) is 4.75. The zero-order valence-electron chi connectivity index (χ0n) is 12.2. The highest BCUT2D eigenvalue weighted by Gasteiger charge is 2.14. The van der Waals surface area contributed by atoms with E-state index >= 15 is 0 Å². The standard InChI is InChI=1S/C17H24N2/c1-4-9-18-12-13(2)14(3)15-7-8-17-16(11-15)6-5-10-19-17/h5-8,10-11,13-14,18H,4,9,12H2,1-3H3. The molecule has 1 aromatic heterocycles. The van der Waals surface area contributed by atoms with Crippen molar-refractivity contribution >= 4 is 10.9 Å². The van der Waals surface area contributed by atoms with E-state index < -0.39 is 0 Å². The molecule has 102 valence electrons. The van der Waals surface area contributed by atoms with Gasteiger partial charge < -0.3 is 5.32 Å². The Labute approximate surface area is 116 Å². The van der Waals surface area contributed by atoms with E-state index in [1.807, 2.05) is 12.3 Å². The molecule has 2 rings (SSSR count). The van der Waals surface area contributed by atoms with E-state index in [-0.39, 0.29) is 0 Å². The van der Waals surface area contributed by atoms with Crippen LogP contribution in [0.3, 0.4) is 0 Å². The highest BCUT2D eigenvalue weighted by atomic mass is 14.8. The van der Waals surface area contributed by atoms with E-state index in [0.29, 0.717) is 11.8 Å². The van der Waals surface area contributed by atoms with E-state index in [2.05, 4.69) is 55.3 Å². The lowest BCUT2D eigenvalue weighted by Gasteiger charge is -2.21. The van der Waals surface area contributed by atoms with Gasteiger partial charge in [0.15, 0.2) is 0 Å². The number of aromatic nitrogens is 1. The smallest absolute Gasteiger partial charge is 0.0702 e. The maximum absolute atomic E-state index is 4.37. The molecule has 0 amide bonds. The first kappa shape index (κ1) is 14.0. The Morgan fingerprint density at radius 1 is 1.21 bits per heavy atom. The van der Waals surface area contributed by atoms with Crippen molar-refractivity contribution in [3.05, 3.63) is 42.1 Å². The molecule has 0 aliphatic heterocycles. The molecule has 0 spiro atoms. The molecule has 2 aromatic rings. The van der Waals surface area contributed by atoms with Gasteiger partial charge in [-0.15, -0.1) is 0 Å². The van der Waals surface area contributed by atoms with Gasteiger partial charge in [-0.1, -0.05) is 32.9 Å². The van der Waals surface area contributed by atoms with Crippen molar-refractivity contribution in [2.75, 3.05) is 13.1 Å². The van der Waals surface area contributed by atoms with Crippen LogP contribution in [-0.2, 0) is 0 Å². The number of nitrogens with zero attached hydrogens (tertiary/aromatic N) is 1. The Morgan fingerprint density at radius 3 is 2.84 bits per heavy atom. The van der Waals surface area contributed by atoms with E-state index in [9.17, 15) is 0 Å². The summed E-state index contributed by atoms with van der Waals surface area (Å²) in [6.45, 7) is 9.03. The molecule has 0 aliphatic rings. The van der Waals surface area contributed by atoms with Crippen molar-refractivity contribution in [3.8, 4) is 0 Å². The van der Waals surface area contributed by atoms with Gasteiger partial charge >= 0.3 is 0 Å². The molecule has 2 heteroatoms. The van der Waals surface area contributed by atoms with Crippen LogP contribution in [0.1, 0.15) is 38.7 Å². The molecule has 0 fully saturated rings. The van der Waals surface area contributed by atoms with Crippen LogP contribution < -0.4 is 5.32 Å². The second-order valence-corrected chi connectivity index (χ2v) is 5.43. The molecular weight excluding hydrogens is 232 g/mol. The van der Waals surface area contributed by atoms with Crippen LogP contribution in [0, 0.1) is 5.92 Å². The monoisotopic (exact) mass is 256 g/mol. The summed E-state index contributed by atoms with van der Waals surface area (Å²) in [5.74, 6) is 1.20. The first-order valence-electron chi connectivity index (χ1n) is 7.27. The van der Waals surface area contributed by atoms with Crippen molar-refractivity contribution in [2.24, 2.45) is 5.92 Å². The van der Waals surface area contributed by atoms with Gasteiger partial charge in [0.25, 0.3) is 0 Å². The van der Waals surface area contributed by atoms with Gasteiger partial charge in [0, 0.05) is 11.6 Å². The zero-order chi connectivity index (χ0) is 13.7. The quantitative estimate of drug-likeness (QED) is 0.791. The fourth-order valence-electron chi connectivity index (χ4n) is 2.39. The Hall–Kier alpha value is -1.41. The summed E-state index contributed by atoms with van der Waals surface area (Å²) in [7, 11) is 0. The average molecular weight is 256 g/mol. The summed E-state index contributed by atoms with van der Waals surface area (Å²) in [4.78, 5) is 4.37. The van der Waals surface area contributed by atoms with Crippen molar-refractivity contribution in [2.45, 2.75) is 33.1 Å². The molecule has 2 unspecified atom stereocenters. The molecule has 1 aromatic carbocycles. The number of fused-ring (bicyclic) bond motifs is 1. The lowest BCUT2D eigenvalue weighted by Crippen LogP contribution is -2.25. The number of hydrogen-bond acceptors (Lipinski definition) is 2. The molecule has 0 bridgehead atoms. The lowest BCUT2D eigenvalue weighted by atomic mass is 9.88. The number of benzene rings is 1. The molecule has 19 heavy (non-hydrogen) atoms. The van der Waals surface area contributed by atoms with Crippen molar-refractivity contribution in [1.29, 1.82) is 0 Å². The van der Waals surface area contributed by atoms with Crippen LogP contribution in [0.4, 0.5) is 0 Å². The summed E-state index contributed by atoms with van der Waals surface area (Å²) >= 11 is 0. The second kappa shape index (κ2) is 6.67. The molecule has 0 radical (unpaired) electrons. The Balaban J connectivity index is 2.09. The summed E-state index contributed by atoms with van der Waals surface area (Å²) in [6.07, 6.45) is 3.05. The normalized spacial score (nSPS) is 14.5. The van der Waals surface area contributed by atoms with E-state index in [0.717, 1.165) is 18.6 Å². The lowest BCUT2D eigenvalue weighted by molar-refractivity contribution is 0.448. The number of rotatable bonds is 6. The maximum Gasteiger partial charge on any atom is 0.0702 e. The minimum absolute atomic E-state index is 0.564. The first-order chi connectivity index (χ1) is 9.22. The molecular formula is C17H24N2. The highest BCUT2D eigenvalue weighted by Crippen LogP contribution is 2.26. The van der Waals surface area contributed by atoms with Crippen LogP contribution in [0.5, 0.6) is 0 Å². The van der Waals surface area contributed by atoms with Crippen molar-refractivity contribution < 1.29 is 0 Å². The topological polar surface area (TPSA) is 24.9 Å². The predicted molar refractivity (Wildman–Crippen MR) is 82.5 cm³/mol. The van der Waals surface area contributed by atoms with Gasteiger partial charge in [-0.05, 0) is 55.1 Å². The summed E-state index contributed by atoms with van der Waals surface area (Å²) < 4.78 is 0. The Morgan fingerprint density at radius 2 is 2.05 bits per heavy atom. The largest absolute Gasteiger partial charge is 0.316 e. The minimum Gasteiger partial charge on any atom is -0.316 e. The van der Waals surface area contributed by atoms with Crippen molar-refractivity contribution in [1.82, 2.24) is 10.3 Å². The maximum atomic E-state index is 4.37. The molecule has 2 atom stereocenters. The molecule has 0 aliphatic carbocycles. The first-order valence-corrected chi connectivity index (χ1v) is 7.27. The van der Waals surface area contributed by atoms with Gasteiger partial charge in [0.1, 0.15) is 0 Å². The van der Waals surface area contributed by atoms with Crippen LogP contribution in [0.2, 0.25) is 0 Å². The van der Waals surface area contributed by atoms with E-state index in [1.165, 1.54) is 17.4 Å². The number of nitrogens with one attached hydrogen (secondary N) is 1. The minimum atomic E-state index is 0.564. The average Bonchev–Trinajstić information content (AvgIpc) is 2.46. The predicted octanol–water partition coefficient (Wildman–Crippen LogP) is 3.97. The highest BCUT2D eigenvalue weighted by molar-refractivity contribution is 5.79. The van der Waals surface area contributed by atoms with Gasteiger partial charge in [-0.2, -0.15) is 0 Å². The van der Waals surface area contributed by atoms with Crippen LogP contribution in [-0.4, -0.2) is 18.1 Å². The third-order valence-electron chi connectivity index (χ3n) is 3.90. The fourth-order valence-corrected chi connectivity index (χ4v) is 2.39.